The fraction of sp³-hybridized carbons (Fsp3) is 0.0769. The van der Waals surface area contributed by atoms with Crippen molar-refractivity contribution in [2.75, 3.05) is 0 Å². The van der Waals surface area contributed by atoms with Crippen LogP contribution in [0, 0.1) is 0 Å². The number of fused-ring (bicyclic) bond motifs is 13. The van der Waals surface area contributed by atoms with Crippen LogP contribution in [-0.2, 0) is 5.41 Å². The van der Waals surface area contributed by atoms with Crippen LogP contribution >= 0.6 is 11.3 Å². The molecule has 3 heterocycles. The molecule has 0 atom stereocenters. The van der Waals surface area contributed by atoms with Gasteiger partial charge in [-0.2, -0.15) is 0 Å². The van der Waals surface area contributed by atoms with Gasteiger partial charge in [-0.3, -0.25) is 0 Å². The largest absolute Gasteiger partial charge is 0.456 e. The van der Waals surface area contributed by atoms with Crippen molar-refractivity contribution in [3.63, 3.8) is 0 Å². The molecule has 6 aromatic carbocycles. The molecule has 0 saturated carbocycles. The quantitative estimate of drug-likeness (QED) is 0.197. The van der Waals surface area contributed by atoms with Gasteiger partial charge in [0, 0.05) is 58.9 Å². The smallest absolute Gasteiger partial charge is 0.137 e. The average Bonchev–Trinajstić information content (AvgIpc) is 3.73. The molecule has 42 heavy (non-hydrogen) atoms. The molecule has 0 spiro atoms. The van der Waals surface area contributed by atoms with Gasteiger partial charge in [0.15, 0.2) is 0 Å². The Labute approximate surface area is 246 Å². The highest BCUT2D eigenvalue weighted by Gasteiger charge is 2.36. The fourth-order valence-corrected chi connectivity index (χ4v) is 8.87. The van der Waals surface area contributed by atoms with E-state index < -0.39 is 0 Å². The van der Waals surface area contributed by atoms with Crippen molar-refractivity contribution in [3.05, 3.63) is 126 Å². The van der Waals surface area contributed by atoms with Crippen LogP contribution in [0.5, 0.6) is 0 Å². The van der Waals surface area contributed by atoms with E-state index in [9.17, 15) is 0 Å². The summed E-state index contributed by atoms with van der Waals surface area (Å²) in [7, 11) is 0. The lowest BCUT2D eigenvalue weighted by Crippen LogP contribution is -2.14. The number of rotatable bonds is 1. The molecular formula is C39H25NOS. The summed E-state index contributed by atoms with van der Waals surface area (Å²) in [6.07, 6.45) is 0. The first-order valence-corrected chi connectivity index (χ1v) is 15.3. The van der Waals surface area contributed by atoms with E-state index in [1.54, 1.807) is 0 Å². The zero-order valence-electron chi connectivity index (χ0n) is 23.2. The first-order valence-electron chi connectivity index (χ1n) is 14.5. The molecule has 0 bridgehead atoms. The van der Waals surface area contributed by atoms with Gasteiger partial charge in [-0.15, -0.1) is 11.3 Å². The third-order valence-corrected chi connectivity index (χ3v) is 10.8. The summed E-state index contributed by atoms with van der Waals surface area (Å²) in [5.41, 5.74) is 10.9. The van der Waals surface area contributed by atoms with E-state index in [0.717, 1.165) is 27.6 Å². The summed E-state index contributed by atoms with van der Waals surface area (Å²) in [5.74, 6) is 0. The van der Waals surface area contributed by atoms with E-state index in [1.807, 2.05) is 17.4 Å². The second-order valence-corrected chi connectivity index (χ2v) is 13.2. The molecule has 3 aromatic heterocycles. The number of para-hydroxylation sites is 1. The summed E-state index contributed by atoms with van der Waals surface area (Å²) in [6, 6.07) is 42.3. The Hall–Kier alpha value is -4.86. The van der Waals surface area contributed by atoms with Crippen molar-refractivity contribution in [3.8, 4) is 16.8 Å². The minimum Gasteiger partial charge on any atom is -0.456 e. The molecule has 0 unspecified atom stereocenters. The van der Waals surface area contributed by atoms with Gasteiger partial charge >= 0.3 is 0 Å². The van der Waals surface area contributed by atoms with Gasteiger partial charge in [-0.05, 0) is 64.7 Å². The molecule has 0 amide bonds. The van der Waals surface area contributed by atoms with Crippen molar-refractivity contribution in [1.29, 1.82) is 0 Å². The zero-order chi connectivity index (χ0) is 27.7. The van der Waals surface area contributed by atoms with E-state index in [2.05, 4.69) is 128 Å². The number of furan rings is 1. The number of hydrogen-bond donors (Lipinski definition) is 0. The molecule has 0 N–H and O–H groups in total. The molecule has 0 radical (unpaired) electrons. The second kappa shape index (κ2) is 7.70. The monoisotopic (exact) mass is 555 g/mol. The lowest BCUT2D eigenvalue weighted by molar-refractivity contribution is 0.661. The third-order valence-electron chi connectivity index (χ3n) is 9.60. The Bertz CT molecular complexity index is 2610. The minimum absolute atomic E-state index is 0.0724. The normalized spacial score (nSPS) is 14.1. The van der Waals surface area contributed by atoms with Crippen LogP contribution in [0.3, 0.4) is 0 Å². The van der Waals surface area contributed by atoms with Crippen LogP contribution in [0.1, 0.15) is 25.0 Å². The predicted molar refractivity (Wildman–Crippen MR) is 179 cm³/mol. The Morgan fingerprint density at radius 2 is 1.33 bits per heavy atom. The van der Waals surface area contributed by atoms with Crippen molar-refractivity contribution in [2.45, 2.75) is 19.3 Å². The summed E-state index contributed by atoms with van der Waals surface area (Å²) in [4.78, 5) is 0. The molecule has 0 aliphatic heterocycles. The summed E-state index contributed by atoms with van der Waals surface area (Å²) in [6.45, 7) is 4.72. The molecule has 0 fully saturated rings. The highest BCUT2D eigenvalue weighted by atomic mass is 32.1. The Balaban J connectivity index is 1.38. The maximum atomic E-state index is 6.36. The minimum atomic E-state index is -0.0724. The standard InChI is InChI=1S/C39H25NOS/c1-39(2)30-12-6-3-9-23(30)28-20-29-33(21-31(28)39)40(22-15-16-25-24-10-4-7-13-34(24)41-35(25)19-22)32-18-17-27-26-11-5-8-14-36(26)42-38(27)37(29)32/h3-21H,1-2H3. The molecule has 198 valence electrons. The maximum Gasteiger partial charge on any atom is 0.137 e. The Morgan fingerprint density at radius 1 is 0.571 bits per heavy atom. The van der Waals surface area contributed by atoms with Gasteiger partial charge in [0.05, 0.1) is 11.0 Å². The highest BCUT2D eigenvalue weighted by molar-refractivity contribution is 7.26. The fourth-order valence-electron chi connectivity index (χ4n) is 7.61. The predicted octanol–water partition coefficient (Wildman–Crippen LogP) is 11.4. The lowest BCUT2D eigenvalue weighted by Gasteiger charge is -2.21. The molecule has 9 aromatic rings. The van der Waals surface area contributed by atoms with Crippen molar-refractivity contribution in [1.82, 2.24) is 4.57 Å². The van der Waals surface area contributed by atoms with Crippen molar-refractivity contribution < 1.29 is 4.42 Å². The highest BCUT2D eigenvalue weighted by Crippen LogP contribution is 2.52. The molecule has 0 saturated heterocycles. The van der Waals surface area contributed by atoms with Gasteiger partial charge in [0.1, 0.15) is 11.2 Å². The summed E-state index contributed by atoms with van der Waals surface area (Å²) >= 11 is 1.91. The first kappa shape index (κ1) is 22.8. The van der Waals surface area contributed by atoms with E-state index in [0.29, 0.717) is 0 Å². The van der Waals surface area contributed by atoms with E-state index >= 15 is 0 Å². The topological polar surface area (TPSA) is 18.1 Å². The first-order chi connectivity index (χ1) is 20.6. The van der Waals surface area contributed by atoms with Crippen molar-refractivity contribution in [2.24, 2.45) is 0 Å². The lowest BCUT2D eigenvalue weighted by atomic mass is 9.82. The Morgan fingerprint density at radius 3 is 2.26 bits per heavy atom. The molecule has 3 heteroatoms. The average molecular weight is 556 g/mol. The van der Waals surface area contributed by atoms with Crippen molar-refractivity contribution >= 4 is 75.3 Å². The number of benzene rings is 6. The van der Waals surface area contributed by atoms with Crippen LogP contribution in [0.25, 0.3) is 80.7 Å². The van der Waals surface area contributed by atoms with E-state index in [4.69, 9.17) is 4.42 Å². The number of aromatic nitrogens is 1. The maximum absolute atomic E-state index is 6.36. The number of nitrogens with zero attached hydrogens (tertiary/aromatic N) is 1. The van der Waals surface area contributed by atoms with E-state index in [-0.39, 0.29) is 5.41 Å². The van der Waals surface area contributed by atoms with Gasteiger partial charge in [-0.1, -0.05) is 80.6 Å². The second-order valence-electron chi connectivity index (χ2n) is 12.1. The zero-order valence-corrected chi connectivity index (χ0v) is 24.0. The molecule has 1 aliphatic carbocycles. The van der Waals surface area contributed by atoms with Crippen LogP contribution in [0.4, 0.5) is 0 Å². The van der Waals surface area contributed by atoms with Gasteiger partial charge in [0.2, 0.25) is 0 Å². The molecule has 2 nitrogen and oxygen atoms in total. The molecular weight excluding hydrogens is 531 g/mol. The number of thiophene rings is 1. The molecule has 1 aliphatic rings. The summed E-state index contributed by atoms with van der Waals surface area (Å²) < 4.78 is 11.5. The number of hydrogen-bond acceptors (Lipinski definition) is 2. The van der Waals surface area contributed by atoms with Gasteiger partial charge < -0.3 is 8.98 Å². The SMILES string of the molecule is CC1(C)c2ccccc2-c2cc3c4c5sc6ccccc6c5ccc4n(-c4ccc5c(c4)oc4ccccc45)c3cc21. The van der Waals surface area contributed by atoms with Crippen LogP contribution in [-0.4, -0.2) is 4.57 Å². The van der Waals surface area contributed by atoms with Crippen LogP contribution in [0.15, 0.2) is 120 Å². The van der Waals surface area contributed by atoms with Crippen LogP contribution < -0.4 is 0 Å². The van der Waals surface area contributed by atoms with E-state index in [1.165, 1.54) is 64.2 Å². The molecule has 10 rings (SSSR count). The summed E-state index contributed by atoms with van der Waals surface area (Å²) in [5, 5.41) is 7.61. The van der Waals surface area contributed by atoms with Crippen LogP contribution in [0.2, 0.25) is 0 Å². The third kappa shape index (κ3) is 2.75. The Kier molecular flexibility index (Phi) is 4.18. The van der Waals surface area contributed by atoms with Gasteiger partial charge in [-0.25, -0.2) is 0 Å². The van der Waals surface area contributed by atoms with Gasteiger partial charge in [0.25, 0.3) is 0 Å².